The van der Waals surface area contributed by atoms with E-state index in [4.69, 9.17) is 0 Å². The van der Waals surface area contributed by atoms with E-state index < -0.39 is 0 Å². The number of hydrogen-bond acceptors (Lipinski definition) is 3. The molecule has 0 bridgehead atoms. The molecule has 0 fully saturated rings. The molecule has 0 saturated carbocycles. The van der Waals surface area contributed by atoms with Crippen molar-refractivity contribution < 1.29 is 9.90 Å². The van der Waals surface area contributed by atoms with Gasteiger partial charge in [0, 0.05) is 17.3 Å². The molecule has 0 saturated heterocycles. The third-order valence-corrected chi connectivity index (χ3v) is 2.79. The Morgan fingerprint density at radius 2 is 1.65 bits per heavy atom. The summed E-state index contributed by atoms with van der Waals surface area (Å²) >= 11 is 0. The molecule has 0 atom stereocenters. The first kappa shape index (κ1) is 9.78. The molecule has 2 aromatic rings. The lowest BCUT2D eigenvalue weighted by atomic mass is 10.1. The molecule has 0 unspecified atom stereocenters. The smallest absolute Gasteiger partial charge is 0.195 e. The molecule has 0 aliphatic heterocycles. The van der Waals surface area contributed by atoms with Crippen molar-refractivity contribution >= 4 is 17.1 Å². The highest BCUT2D eigenvalue weighted by molar-refractivity contribution is 6.38. The summed E-state index contributed by atoms with van der Waals surface area (Å²) in [5, 5.41) is 12.1. The van der Waals surface area contributed by atoms with Gasteiger partial charge in [0.15, 0.2) is 5.78 Å². The van der Waals surface area contributed by atoms with Crippen molar-refractivity contribution in [3.63, 3.8) is 0 Å². The van der Waals surface area contributed by atoms with E-state index in [1.807, 2.05) is 0 Å². The number of rotatable bonds is 1. The molecule has 1 aliphatic carbocycles. The number of carbonyl (C=O) groups excluding carboxylic acids is 1. The highest BCUT2D eigenvalue weighted by Gasteiger charge is 2.25. The molecule has 0 amide bonds. The van der Waals surface area contributed by atoms with Crippen LogP contribution in [-0.2, 0) is 0 Å². The summed E-state index contributed by atoms with van der Waals surface area (Å²) in [6.07, 6.45) is 1.58. The van der Waals surface area contributed by atoms with Gasteiger partial charge < -0.3 is 5.11 Å². The third-order valence-electron chi connectivity index (χ3n) is 2.79. The average molecular weight is 222 g/mol. The Labute approximate surface area is 98.1 Å². The van der Waals surface area contributed by atoms with Crippen molar-refractivity contribution in [3.8, 4) is 0 Å². The summed E-state index contributed by atoms with van der Waals surface area (Å²) in [6, 6.07) is 12.0. The summed E-state index contributed by atoms with van der Waals surface area (Å²) in [5.74, 6) is -0.464. The number of aromatic nitrogens is 1. The number of carbonyl (C=O) groups is 1. The van der Waals surface area contributed by atoms with E-state index in [0.717, 1.165) is 0 Å². The summed E-state index contributed by atoms with van der Waals surface area (Å²) < 4.78 is 0. The van der Waals surface area contributed by atoms with Crippen molar-refractivity contribution in [1.29, 1.82) is 0 Å². The molecular weight excluding hydrogens is 214 g/mol. The molecule has 0 N–H and O–H groups in total. The van der Waals surface area contributed by atoms with Gasteiger partial charge in [0.05, 0.1) is 5.69 Å². The fraction of sp³-hybridized carbons (Fsp3) is 0. The molecule has 17 heavy (non-hydrogen) atoms. The SMILES string of the molecule is O=C1C(c2ccccn2)=C([O-])c2ccccc21. The predicted octanol–water partition coefficient (Wildman–Crippen LogP) is 1.51. The second-order valence-electron chi connectivity index (χ2n) is 3.79. The number of hydrogen-bond donors (Lipinski definition) is 0. The highest BCUT2D eigenvalue weighted by Crippen LogP contribution is 2.33. The minimum absolute atomic E-state index is 0.173. The van der Waals surface area contributed by atoms with Crippen LogP contribution < -0.4 is 5.11 Å². The highest BCUT2D eigenvalue weighted by atomic mass is 16.3. The largest absolute Gasteiger partial charge is 0.871 e. The van der Waals surface area contributed by atoms with Crippen molar-refractivity contribution in [1.82, 2.24) is 4.98 Å². The molecule has 0 radical (unpaired) electrons. The second-order valence-corrected chi connectivity index (χ2v) is 3.79. The van der Waals surface area contributed by atoms with Gasteiger partial charge in [-0.3, -0.25) is 9.78 Å². The lowest BCUT2D eigenvalue weighted by Crippen LogP contribution is -2.04. The summed E-state index contributed by atoms with van der Waals surface area (Å²) in [4.78, 5) is 16.2. The van der Waals surface area contributed by atoms with Gasteiger partial charge in [0.1, 0.15) is 0 Å². The lowest BCUT2D eigenvalue weighted by Gasteiger charge is -2.10. The minimum atomic E-state index is -0.232. The maximum atomic E-state index is 12.1. The molecule has 3 nitrogen and oxygen atoms in total. The molecule has 82 valence electrons. The topological polar surface area (TPSA) is 53.0 Å². The van der Waals surface area contributed by atoms with Gasteiger partial charge in [-0.2, -0.15) is 0 Å². The fourth-order valence-electron chi connectivity index (χ4n) is 1.99. The van der Waals surface area contributed by atoms with Gasteiger partial charge in [-0.05, 0) is 17.7 Å². The fourth-order valence-corrected chi connectivity index (χ4v) is 1.99. The van der Waals surface area contributed by atoms with E-state index in [1.54, 1.807) is 48.7 Å². The molecule has 0 spiro atoms. The maximum absolute atomic E-state index is 12.1. The van der Waals surface area contributed by atoms with Crippen LogP contribution in [0.4, 0.5) is 0 Å². The van der Waals surface area contributed by atoms with Crippen LogP contribution in [0.15, 0.2) is 48.7 Å². The zero-order valence-corrected chi connectivity index (χ0v) is 8.88. The van der Waals surface area contributed by atoms with Crippen LogP contribution in [0.25, 0.3) is 11.3 Å². The van der Waals surface area contributed by atoms with Crippen LogP contribution in [-0.4, -0.2) is 10.8 Å². The Hall–Kier alpha value is -2.42. The maximum Gasteiger partial charge on any atom is 0.195 e. The quantitative estimate of drug-likeness (QED) is 0.734. The molecular formula is C14H8NO2-. The number of Topliss-reactive ketones (excluding diaryl/α,β-unsaturated/α-hetero) is 1. The summed E-state index contributed by atoms with van der Waals surface area (Å²) in [5.41, 5.74) is 1.56. The number of nitrogens with zero attached hydrogens (tertiary/aromatic N) is 1. The number of allylic oxidation sites excluding steroid dienone is 1. The summed E-state index contributed by atoms with van der Waals surface area (Å²) in [7, 11) is 0. The van der Waals surface area contributed by atoms with Crippen molar-refractivity contribution in [3.05, 3.63) is 65.5 Å². The van der Waals surface area contributed by atoms with E-state index in [0.29, 0.717) is 16.8 Å². The number of fused-ring (bicyclic) bond motifs is 1. The molecule has 3 heteroatoms. The standard InChI is InChI=1S/C14H9NO2/c16-13-9-5-1-2-6-10(9)14(17)12(13)11-7-3-4-8-15-11/h1-8,16H/p-1. The number of pyridine rings is 1. The van der Waals surface area contributed by atoms with E-state index in [2.05, 4.69) is 4.98 Å². The molecule has 1 aromatic carbocycles. The van der Waals surface area contributed by atoms with Gasteiger partial charge in [-0.1, -0.05) is 36.1 Å². The normalized spacial score (nSPS) is 14.0. The molecule has 3 rings (SSSR count). The Balaban J connectivity index is 2.22. The number of benzene rings is 1. The van der Waals surface area contributed by atoms with Gasteiger partial charge >= 0.3 is 0 Å². The Kier molecular flexibility index (Phi) is 2.05. The van der Waals surface area contributed by atoms with Crippen LogP contribution in [0.3, 0.4) is 0 Å². The van der Waals surface area contributed by atoms with Crippen molar-refractivity contribution in [2.24, 2.45) is 0 Å². The number of ketones is 1. The molecule has 1 heterocycles. The zero-order chi connectivity index (χ0) is 11.8. The van der Waals surface area contributed by atoms with Crippen LogP contribution in [0.1, 0.15) is 21.6 Å². The van der Waals surface area contributed by atoms with E-state index >= 15 is 0 Å². The Bertz CT molecular complexity index is 630. The van der Waals surface area contributed by atoms with Crippen LogP contribution in [0, 0.1) is 0 Å². The van der Waals surface area contributed by atoms with Gasteiger partial charge in [0.25, 0.3) is 0 Å². The van der Waals surface area contributed by atoms with Crippen LogP contribution >= 0.6 is 0 Å². The molecule has 1 aliphatic rings. The zero-order valence-electron chi connectivity index (χ0n) is 8.88. The third kappa shape index (κ3) is 1.36. The monoisotopic (exact) mass is 222 g/mol. The lowest BCUT2D eigenvalue weighted by molar-refractivity contribution is -0.242. The van der Waals surface area contributed by atoms with Crippen molar-refractivity contribution in [2.75, 3.05) is 0 Å². The van der Waals surface area contributed by atoms with Crippen LogP contribution in [0.2, 0.25) is 0 Å². The van der Waals surface area contributed by atoms with Crippen LogP contribution in [0.5, 0.6) is 0 Å². The molecule has 1 aromatic heterocycles. The predicted molar refractivity (Wildman–Crippen MR) is 61.8 cm³/mol. The minimum Gasteiger partial charge on any atom is -0.871 e. The summed E-state index contributed by atoms with van der Waals surface area (Å²) in [6.45, 7) is 0. The van der Waals surface area contributed by atoms with Gasteiger partial charge in [-0.15, -0.1) is 0 Å². The van der Waals surface area contributed by atoms with E-state index in [-0.39, 0.29) is 17.1 Å². The average Bonchev–Trinajstić information content (AvgIpc) is 2.64. The van der Waals surface area contributed by atoms with Gasteiger partial charge in [-0.25, -0.2) is 0 Å². The van der Waals surface area contributed by atoms with Crippen molar-refractivity contribution in [2.45, 2.75) is 0 Å². The first-order chi connectivity index (χ1) is 8.29. The first-order valence-corrected chi connectivity index (χ1v) is 5.26. The van der Waals surface area contributed by atoms with Gasteiger partial charge in [0.2, 0.25) is 0 Å². The Morgan fingerprint density at radius 3 is 2.29 bits per heavy atom. The van der Waals surface area contributed by atoms with E-state index in [9.17, 15) is 9.90 Å². The first-order valence-electron chi connectivity index (χ1n) is 5.26. The van der Waals surface area contributed by atoms with E-state index in [1.165, 1.54) is 0 Å². The second kappa shape index (κ2) is 3.56. The Morgan fingerprint density at radius 1 is 0.941 bits per heavy atom.